The van der Waals surface area contributed by atoms with Gasteiger partial charge < -0.3 is 10.1 Å². The van der Waals surface area contributed by atoms with E-state index >= 15 is 0 Å². The minimum Gasteiger partial charge on any atom is -0.497 e. The Morgan fingerprint density at radius 3 is 2.58 bits per heavy atom. The van der Waals surface area contributed by atoms with Crippen LogP contribution >= 0.6 is 15.9 Å². The molecule has 1 amide bonds. The highest BCUT2D eigenvalue weighted by molar-refractivity contribution is 9.10. The van der Waals surface area contributed by atoms with Crippen LogP contribution in [0.3, 0.4) is 0 Å². The Morgan fingerprint density at radius 2 is 1.84 bits per heavy atom. The van der Waals surface area contributed by atoms with Gasteiger partial charge in [-0.15, -0.1) is 0 Å². The van der Waals surface area contributed by atoms with Gasteiger partial charge in [-0.3, -0.25) is 4.79 Å². The number of carbonyl (C=O) groups excluding carboxylic acids is 1. The number of halogens is 1. The van der Waals surface area contributed by atoms with E-state index in [-0.39, 0.29) is 11.9 Å². The van der Waals surface area contributed by atoms with Crippen LogP contribution in [-0.2, 0) is 0 Å². The van der Waals surface area contributed by atoms with Crippen molar-refractivity contribution in [3.05, 3.63) is 94.5 Å². The summed E-state index contributed by atoms with van der Waals surface area (Å²) in [6.45, 7) is 2.07. The normalized spacial score (nSPS) is 11.8. The van der Waals surface area contributed by atoms with E-state index in [4.69, 9.17) is 9.72 Å². The van der Waals surface area contributed by atoms with Gasteiger partial charge in [0.15, 0.2) is 0 Å². The topological polar surface area (TPSA) is 51.2 Å². The van der Waals surface area contributed by atoms with Crippen molar-refractivity contribution in [1.29, 1.82) is 0 Å². The molecular formula is C26H23BrN2O2. The third-order valence-electron chi connectivity index (χ3n) is 5.30. The highest BCUT2D eigenvalue weighted by atomic mass is 79.9. The van der Waals surface area contributed by atoms with Gasteiger partial charge in [-0.2, -0.15) is 0 Å². The number of hydrogen-bond acceptors (Lipinski definition) is 3. The average Bonchev–Trinajstić information content (AvgIpc) is 2.82. The summed E-state index contributed by atoms with van der Waals surface area (Å²) in [6, 6.07) is 25.3. The van der Waals surface area contributed by atoms with Crippen LogP contribution in [0, 0.1) is 0 Å². The van der Waals surface area contributed by atoms with Crippen molar-refractivity contribution in [2.45, 2.75) is 19.4 Å². The Kier molecular flexibility index (Phi) is 6.33. The van der Waals surface area contributed by atoms with Crippen LogP contribution in [0.4, 0.5) is 0 Å². The summed E-state index contributed by atoms with van der Waals surface area (Å²) in [4.78, 5) is 18.2. The van der Waals surface area contributed by atoms with Gasteiger partial charge in [0.2, 0.25) is 0 Å². The number of pyridine rings is 1. The zero-order valence-electron chi connectivity index (χ0n) is 17.4. The second-order valence-electron chi connectivity index (χ2n) is 7.29. The third kappa shape index (κ3) is 4.62. The number of carbonyl (C=O) groups is 1. The molecule has 1 N–H and O–H groups in total. The van der Waals surface area contributed by atoms with Gasteiger partial charge in [0, 0.05) is 15.4 Å². The first-order valence-corrected chi connectivity index (χ1v) is 11.0. The fourth-order valence-corrected chi connectivity index (χ4v) is 4.02. The van der Waals surface area contributed by atoms with E-state index in [0.29, 0.717) is 5.56 Å². The molecule has 0 fully saturated rings. The van der Waals surface area contributed by atoms with E-state index < -0.39 is 0 Å². The Morgan fingerprint density at radius 1 is 1.03 bits per heavy atom. The summed E-state index contributed by atoms with van der Waals surface area (Å²) in [5.74, 6) is 0.627. The predicted octanol–water partition coefficient (Wildman–Crippen LogP) is 6.55. The number of ether oxygens (including phenoxy) is 1. The molecule has 4 nitrogen and oxygen atoms in total. The van der Waals surface area contributed by atoms with Crippen molar-refractivity contribution in [3.8, 4) is 17.0 Å². The summed E-state index contributed by atoms with van der Waals surface area (Å²) >= 11 is 3.52. The molecule has 0 saturated carbocycles. The molecule has 0 spiro atoms. The minimum atomic E-state index is -0.120. The van der Waals surface area contributed by atoms with Crippen LogP contribution < -0.4 is 10.1 Å². The maximum atomic E-state index is 13.4. The summed E-state index contributed by atoms with van der Waals surface area (Å²) in [7, 11) is 1.64. The van der Waals surface area contributed by atoms with E-state index in [2.05, 4.69) is 28.2 Å². The van der Waals surface area contributed by atoms with Crippen LogP contribution in [0.15, 0.2) is 83.3 Å². The largest absolute Gasteiger partial charge is 0.497 e. The maximum Gasteiger partial charge on any atom is 0.252 e. The average molecular weight is 475 g/mol. The Balaban J connectivity index is 1.79. The lowest BCUT2D eigenvalue weighted by molar-refractivity contribution is 0.0937. The third-order valence-corrected chi connectivity index (χ3v) is 5.79. The number of benzene rings is 3. The molecule has 0 saturated heterocycles. The van der Waals surface area contributed by atoms with Gasteiger partial charge in [-0.1, -0.05) is 65.3 Å². The number of hydrogen-bond donors (Lipinski definition) is 1. The fourth-order valence-electron chi connectivity index (χ4n) is 3.66. The van der Waals surface area contributed by atoms with Crippen LogP contribution in [0.5, 0.6) is 5.75 Å². The monoisotopic (exact) mass is 474 g/mol. The quantitative estimate of drug-likeness (QED) is 0.344. The molecule has 4 aromatic rings. The molecule has 4 rings (SSSR count). The van der Waals surface area contributed by atoms with Crippen molar-refractivity contribution >= 4 is 32.7 Å². The number of nitrogens with one attached hydrogen (secondary N) is 1. The van der Waals surface area contributed by atoms with E-state index in [1.54, 1.807) is 7.11 Å². The number of methoxy groups -OCH3 is 1. The molecule has 3 aromatic carbocycles. The first-order chi connectivity index (χ1) is 15.1. The number of rotatable bonds is 6. The molecule has 0 unspecified atom stereocenters. The SMILES string of the molecule is CC[C@@H](NC(=O)c1cc(-c2cccc(OC)c2)nc2ccc(Br)cc12)c1ccccc1. The molecular weight excluding hydrogens is 452 g/mol. The summed E-state index contributed by atoms with van der Waals surface area (Å²) in [5.41, 5.74) is 4.07. The minimum absolute atomic E-state index is 0.0654. The fraction of sp³-hybridized carbons (Fsp3) is 0.154. The molecule has 0 aliphatic carbocycles. The molecule has 1 heterocycles. The van der Waals surface area contributed by atoms with Crippen molar-refractivity contribution in [2.75, 3.05) is 7.11 Å². The molecule has 31 heavy (non-hydrogen) atoms. The van der Waals surface area contributed by atoms with E-state index in [1.807, 2.05) is 78.9 Å². The summed E-state index contributed by atoms with van der Waals surface area (Å²) in [5, 5.41) is 4.01. The maximum absolute atomic E-state index is 13.4. The molecule has 0 aliphatic heterocycles. The lowest BCUT2D eigenvalue weighted by Crippen LogP contribution is -2.28. The lowest BCUT2D eigenvalue weighted by Gasteiger charge is -2.19. The summed E-state index contributed by atoms with van der Waals surface area (Å²) in [6.07, 6.45) is 0.797. The molecule has 0 aliphatic rings. The Labute approximate surface area is 190 Å². The second-order valence-corrected chi connectivity index (χ2v) is 8.21. The van der Waals surface area contributed by atoms with E-state index in [0.717, 1.165) is 44.4 Å². The van der Waals surface area contributed by atoms with Gasteiger partial charge in [0.05, 0.1) is 29.9 Å². The van der Waals surface area contributed by atoms with E-state index in [9.17, 15) is 4.79 Å². The van der Waals surface area contributed by atoms with Gasteiger partial charge >= 0.3 is 0 Å². The van der Waals surface area contributed by atoms with Crippen LogP contribution in [0.1, 0.15) is 35.3 Å². The standard InChI is InChI=1S/C26H23BrN2O2/c1-3-23(17-8-5-4-6-9-17)29-26(30)22-16-25(18-10-7-11-20(14-18)31-2)28-24-13-12-19(27)15-21(22)24/h4-16,23H,3H2,1-2H3,(H,29,30)/t23-/m1/s1. The van der Waals surface area contributed by atoms with Gasteiger partial charge in [0.1, 0.15) is 5.75 Å². The Hall–Kier alpha value is -3.18. The van der Waals surface area contributed by atoms with Crippen molar-refractivity contribution in [1.82, 2.24) is 10.3 Å². The molecule has 0 bridgehead atoms. The van der Waals surface area contributed by atoms with Crippen molar-refractivity contribution in [2.24, 2.45) is 0 Å². The van der Waals surface area contributed by atoms with Gasteiger partial charge in [-0.25, -0.2) is 4.98 Å². The van der Waals surface area contributed by atoms with Crippen LogP contribution in [0.2, 0.25) is 0 Å². The molecule has 5 heteroatoms. The molecule has 156 valence electrons. The van der Waals surface area contributed by atoms with Gasteiger partial charge in [-0.05, 0) is 48.4 Å². The van der Waals surface area contributed by atoms with Crippen LogP contribution in [-0.4, -0.2) is 18.0 Å². The summed E-state index contributed by atoms with van der Waals surface area (Å²) < 4.78 is 6.26. The lowest BCUT2D eigenvalue weighted by atomic mass is 10.0. The number of nitrogens with zero attached hydrogens (tertiary/aromatic N) is 1. The molecule has 1 atom stereocenters. The smallest absolute Gasteiger partial charge is 0.252 e. The predicted molar refractivity (Wildman–Crippen MR) is 128 cm³/mol. The second kappa shape index (κ2) is 9.31. The highest BCUT2D eigenvalue weighted by Gasteiger charge is 2.18. The zero-order valence-corrected chi connectivity index (χ0v) is 19.0. The first-order valence-electron chi connectivity index (χ1n) is 10.2. The Bertz CT molecular complexity index is 1220. The first kappa shape index (κ1) is 21.1. The van der Waals surface area contributed by atoms with Gasteiger partial charge in [0.25, 0.3) is 5.91 Å². The number of amides is 1. The van der Waals surface area contributed by atoms with E-state index in [1.165, 1.54) is 0 Å². The highest BCUT2D eigenvalue weighted by Crippen LogP contribution is 2.29. The number of fused-ring (bicyclic) bond motifs is 1. The number of aromatic nitrogens is 1. The van der Waals surface area contributed by atoms with Crippen molar-refractivity contribution in [3.63, 3.8) is 0 Å². The zero-order chi connectivity index (χ0) is 21.8. The molecule has 1 aromatic heterocycles. The van der Waals surface area contributed by atoms with Crippen molar-refractivity contribution < 1.29 is 9.53 Å². The van der Waals surface area contributed by atoms with Crippen LogP contribution in [0.25, 0.3) is 22.2 Å². The molecule has 0 radical (unpaired) electrons.